The quantitative estimate of drug-likeness (QED) is 0.113. The molecule has 0 aliphatic carbocycles. The molecule has 0 bridgehead atoms. The highest BCUT2D eigenvalue weighted by atomic mass is 79.9. The van der Waals surface area contributed by atoms with E-state index in [-0.39, 0.29) is 12.5 Å². The van der Waals surface area contributed by atoms with E-state index in [9.17, 15) is 4.79 Å². The fraction of sp³-hybridized carbons (Fsp3) is 0.107. The van der Waals surface area contributed by atoms with Crippen molar-refractivity contribution in [2.24, 2.45) is 5.10 Å². The molecule has 0 fully saturated rings. The van der Waals surface area contributed by atoms with E-state index in [1.54, 1.807) is 24.3 Å². The van der Waals surface area contributed by atoms with Gasteiger partial charge in [0.25, 0.3) is 5.91 Å². The molecule has 0 saturated heterocycles. The number of carbonyl (C=O) groups is 1. The third-order valence-corrected chi connectivity index (χ3v) is 6.65. The molecule has 0 aliphatic rings. The number of halogens is 2. The largest absolute Gasteiger partial charge is 0.490 e. The Morgan fingerprint density at radius 2 is 1.95 bits per heavy atom. The second-order valence-electron chi connectivity index (χ2n) is 7.70. The zero-order valence-corrected chi connectivity index (χ0v) is 23.4. The summed E-state index contributed by atoms with van der Waals surface area (Å²) < 4.78 is 11.9. The Hall–Kier alpha value is -3.84. The molecule has 7 nitrogen and oxygen atoms in total. The Morgan fingerprint density at radius 1 is 1.18 bits per heavy atom. The second kappa shape index (κ2) is 13.1. The maximum atomic E-state index is 12.6. The minimum absolute atomic E-state index is 0.116. The van der Waals surface area contributed by atoms with Crippen LogP contribution in [0.3, 0.4) is 0 Å². The lowest BCUT2D eigenvalue weighted by Gasteiger charge is -2.13. The first-order valence-corrected chi connectivity index (χ1v) is 13.5. The number of nitrogens with zero attached hydrogens (tertiary/aromatic N) is 2. The fourth-order valence-electron chi connectivity index (χ4n) is 3.32. The number of hydrogen-bond acceptors (Lipinski definition) is 7. The maximum absolute atomic E-state index is 12.6. The minimum atomic E-state index is -0.339. The Kier molecular flexibility index (Phi) is 9.38. The Balaban J connectivity index is 1.38. The van der Waals surface area contributed by atoms with Crippen molar-refractivity contribution in [1.82, 2.24) is 10.4 Å². The predicted octanol–water partition coefficient (Wildman–Crippen LogP) is 7.14. The van der Waals surface area contributed by atoms with Gasteiger partial charge >= 0.3 is 0 Å². The van der Waals surface area contributed by atoms with Crippen LogP contribution in [0.2, 0.25) is 5.02 Å². The van der Waals surface area contributed by atoms with Gasteiger partial charge in [0.2, 0.25) is 0 Å². The van der Waals surface area contributed by atoms with Crippen molar-refractivity contribution >= 4 is 61.8 Å². The number of thiazole rings is 1. The van der Waals surface area contributed by atoms with Crippen LogP contribution in [-0.4, -0.2) is 30.3 Å². The molecule has 0 aliphatic heterocycles. The number of carbonyl (C=O) groups excluding carboxylic acids is 1. The van der Waals surface area contributed by atoms with Gasteiger partial charge in [-0.1, -0.05) is 29.7 Å². The molecule has 0 saturated carbocycles. The molecule has 0 unspecified atom stereocenters. The highest BCUT2D eigenvalue weighted by Gasteiger charge is 2.12. The molecule has 1 heterocycles. The number of benzene rings is 3. The van der Waals surface area contributed by atoms with Crippen LogP contribution in [0.5, 0.6) is 11.5 Å². The number of nitrogens with one attached hydrogen (secondary N) is 2. The van der Waals surface area contributed by atoms with Crippen LogP contribution in [-0.2, 0) is 0 Å². The van der Waals surface area contributed by atoms with Crippen molar-refractivity contribution in [3.63, 3.8) is 0 Å². The lowest BCUT2D eigenvalue weighted by atomic mass is 10.1. The van der Waals surface area contributed by atoms with Crippen molar-refractivity contribution < 1.29 is 14.3 Å². The zero-order valence-electron chi connectivity index (χ0n) is 20.2. The zero-order chi connectivity index (χ0) is 26.9. The molecule has 0 radical (unpaired) electrons. The van der Waals surface area contributed by atoms with Gasteiger partial charge in [-0.25, -0.2) is 10.4 Å². The SMILES string of the molecule is C#CCOc1c(Br)cc(/C=N\NC(=O)c2ccc(-c3csc(Nc4ccc(Cl)cc4)n3)cc2)cc1OCC. The van der Waals surface area contributed by atoms with Crippen LogP contribution in [0.1, 0.15) is 22.8 Å². The highest BCUT2D eigenvalue weighted by Crippen LogP contribution is 2.36. The van der Waals surface area contributed by atoms with E-state index in [0.717, 1.165) is 22.1 Å². The Bertz CT molecular complexity index is 1480. The summed E-state index contributed by atoms with van der Waals surface area (Å²) in [6, 6.07) is 18.1. The van der Waals surface area contributed by atoms with Crippen LogP contribution in [0.15, 0.2) is 75.6 Å². The lowest BCUT2D eigenvalue weighted by Crippen LogP contribution is -2.17. The number of hydrogen-bond donors (Lipinski definition) is 2. The van der Waals surface area contributed by atoms with Crippen LogP contribution in [0, 0.1) is 12.3 Å². The molecule has 10 heteroatoms. The van der Waals surface area contributed by atoms with Crippen molar-refractivity contribution in [1.29, 1.82) is 0 Å². The van der Waals surface area contributed by atoms with Crippen LogP contribution in [0.4, 0.5) is 10.8 Å². The summed E-state index contributed by atoms with van der Waals surface area (Å²) in [5.41, 5.74) is 6.32. The lowest BCUT2D eigenvalue weighted by molar-refractivity contribution is 0.0955. The maximum Gasteiger partial charge on any atom is 0.271 e. The molecule has 38 heavy (non-hydrogen) atoms. The molecular formula is C28H22BrClN4O3S. The fourth-order valence-corrected chi connectivity index (χ4v) is 4.76. The minimum Gasteiger partial charge on any atom is -0.490 e. The van der Waals surface area contributed by atoms with Gasteiger partial charge < -0.3 is 14.8 Å². The number of rotatable bonds is 10. The van der Waals surface area contributed by atoms with E-state index in [1.165, 1.54) is 17.6 Å². The van der Waals surface area contributed by atoms with Crippen molar-refractivity contribution in [3.05, 3.63) is 86.7 Å². The van der Waals surface area contributed by atoms with Gasteiger partial charge in [0.1, 0.15) is 6.61 Å². The molecule has 192 valence electrons. The predicted molar refractivity (Wildman–Crippen MR) is 157 cm³/mol. The summed E-state index contributed by atoms with van der Waals surface area (Å²) in [5.74, 6) is 3.13. The normalized spacial score (nSPS) is 10.7. The highest BCUT2D eigenvalue weighted by molar-refractivity contribution is 9.10. The average Bonchev–Trinajstić information content (AvgIpc) is 3.38. The topological polar surface area (TPSA) is 84.8 Å². The van der Waals surface area contributed by atoms with E-state index < -0.39 is 0 Å². The number of aromatic nitrogens is 1. The summed E-state index contributed by atoms with van der Waals surface area (Å²) in [6.45, 7) is 2.44. The molecule has 3 aromatic carbocycles. The van der Waals surface area contributed by atoms with Gasteiger partial charge in [-0.05, 0) is 76.9 Å². The van der Waals surface area contributed by atoms with Gasteiger partial charge in [-0.15, -0.1) is 17.8 Å². The number of anilines is 2. The summed E-state index contributed by atoms with van der Waals surface area (Å²) >= 11 is 10.9. The van der Waals surface area contributed by atoms with E-state index in [4.69, 9.17) is 27.5 Å². The van der Waals surface area contributed by atoms with Gasteiger partial charge in [-0.3, -0.25) is 4.79 Å². The monoisotopic (exact) mass is 608 g/mol. The molecule has 0 atom stereocenters. The first kappa shape index (κ1) is 27.2. The molecule has 1 amide bonds. The standard InChI is InChI=1S/C28H22BrClN4O3S/c1-3-13-37-26-23(29)14-18(15-25(26)36-4-2)16-31-34-27(35)20-7-5-19(6-8-20)24-17-38-28(33-24)32-22-11-9-21(30)10-12-22/h1,5-12,14-17H,4,13H2,2H3,(H,32,33)(H,34,35)/b31-16-. The molecule has 2 N–H and O–H groups in total. The average molecular weight is 610 g/mol. The Labute approximate surface area is 238 Å². The number of amides is 1. The summed E-state index contributed by atoms with van der Waals surface area (Å²) in [4.78, 5) is 17.2. The van der Waals surface area contributed by atoms with Gasteiger partial charge in [0, 0.05) is 27.2 Å². The smallest absolute Gasteiger partial charge is 0.271 e. The summed E-state index contributed by atoms with van der Waals surface area (Å²) in [5, 5.41) is 10.7. The molecule has 4 rings (SSSR count). The van der Waals surface area contributed by atoms with E-state index in [2.05, 4.69) is 42.7 Å². The van der Waals surface area contributed by atoms with Crippen LogP contribution < -0.4 is 20.2 Å². The van der Waals surface area contributed by atoms with E-state index in [0.29, 0.717) is 38.7 Å². The van der Waals surface area contributed by atoms with Crippen molar-refractivity contribution in [2.75, 3.05) is 18.5 Å². The van der Waals surface area contributed by atoms with Gasteiger partial charge in [-0.2, -0.15) is 5.10 Å². The van der Waals surface area contributed by atoms with Crippen molar-refractivity contribution in [2.45, 2.75) is 6.92 Å². The molecular weight excluding hydrogens is 588 g/mol. The molecule has 4 aromatic rings. The van der Waals surface area contributed by atoms with Crippen molar-refractivity contribution in [3.8, 4) is 35.1 Å². The number of terminal acetylenes is 1. The molecule has 1 aromatic heterocycles. The van der Waals surface area contributed by atoms with E-state index >= 15 is 0 Å². The van der Waals surface area contributed by atoms with E-state index in [1.807, 2.05) is 48.7 Å². The first-order chi connectivity index (χ1) is 18.5. The Morgan fingerprint density at radius 3 is 2.66 bits per heavy atom. The first-order valence-electron chi connectivity index (χ1n) is 11.4. The summed E-state index contributed by atoms with van der Waals surface area (Å²) in [6.07, 6.45) is 6.81. The molecule has 0 spiro atoms. The number of ether oxygens (including phenoxy) is 2. The summed E-state index contributed by atoms with van der Waals surface area (Å²) in [7, 11) is 0. The third kappa shape index (κ3) is 7.13. The van der Waals surface area contributed by atoms with Gasteiger partial charge in [0.05, 0.1) is 23.0 Å². The second-order valence-corrected chi connectivity index (χ2v) is 9.85. The van der Waals surface area contributed by atoms with Crippen LogP contribution >= 0.6 is 38.9 Å². The van der Waals surface area contributed by atoms with Crippen LogP contribution in [0.25, 0.3) is 11.3 Å². The van der Waals surface area contributed by atoms with Gasteiger partial charge in [0.15, 0.2) is 16.6 Å². The third-order valence-electron chi connectivity index (χ3n) is 5.05. The number of hydrazone groups is 1.